The molecule has 1 aliphatic carbocycles. The van der Waals surface area contributed by atoms with Crippen LogP contribution in [0.4, 0.5) is 0 Å². The van der Waals surface area contributed by atoms with E-state index >= 15 is 0 Å². The molecular weight excluding hydrogens is 675 g/mol. The summed E-state index contributed by atoms with van der Waals surface area (Å²) in [6, 6.07) is 54.2. The zero-order valence-electron chi connectivity index (χ0n) is 30.1. The van der Waals surface area contributed by atoms with E-state index in [1.807, 2.05) is 18.2 Å². The van der Waals surface area contributed by atoms with Crippen molar-refractivity contribution in [3.05, 3.63) is 163 Å². The summed E-state index contributed by atoms with van der Waals surface area (Å²) in [4.78, 5) is 0. The Balaban J connectivity index is 1.04. The molecule has 1 aliphatic rings. The van der Waals surface area contributed by atoms with Crippen molar-refractivity contribution in [3.8, 4) is 27.9 Å². The molecule has 0 unspecified atom stereocenters. The number of hydrogen-bond acceptors (Lipinski definition) is 3. The van der Waals surface area contributed by atoms with Gasteiger partial charge in [-0.15, -0.1) is 0 Å². The molecule has 0 spiro atoms. The van der Waals surface area contributed by atoms with E-state index in [-0.39, 0.29) is 5.41 Å². The van der Waals surface area contributed by atoms with Crippen molar-refractivity contribution in [2.45, 2.75) is 19.3 Å². The molecule has 0 saturated heterocycles. The Kier molecular flexibility index (Phi) is 5.42. The molecule has 8 aromatic carbocycles. The maximum atomic E-state index is 6.95. The van der Waals surface area contributed by atoms with Gasteiger partial charge in [-0.1, -0.05) is 117 Å². The summed E-state index contributed by atoms with van der Waals surface area (Å²) in [7, 11) is 0. The number of rotatable bonds is 2. The smallest absolute Gasteiger partial charge is 0.159 e. The highest BCUT2D eigenvalue weighted by molar-refractivity contribution is 6.20. The topological polar surface area (TPSA) is 44.4 Å². The molecule has 12 aromatic rings. The Hall–Kier alpha value is -7.04. The molecule has 13 rings (SSSR count). The van der Waals surface area contributed by atoms with Gasteiger partial charge in [-0.2, -0.15) is 0 Å². The average Bonchev–Trinajstić information content (AvgIpc) is 4.01. The third-order valence-corrected chi connectivity index (χ3v) is 12.4. The van der Waals surface area contributed by atoms with Crippen molar-refractivity contribution < 1.29 is 13.3 Å². The standard InChI is InChI=1S/C51H31NO3/c1-51(2)39-19-6-3-12-28(39)35-24-36-29-13-4-7-20-41(29)52(43(36)27-40(35)51)42-21-10-18-33-38-26-46-37(25-47(38)55-50(33)42)32-17-9-16-31(49(32)54-46)30-15-11-23-45-48(30)34-14-5-8-22-44(34)53-45/h3-27H,1-2H3. The molecule has 4 heteroatoms. The molecular formula is C51H31NO3. The van der Waals surface area contributed by atoms with Crippen LogP contribution in [-0.2, 0) is 5.41 Å². The van der Waals surface area contributed by atoms with E-state index in [2.05, 4.69) is 152 Å². The minimum Gasteiger partial charge on any atom is -0.456 e. The lowest BCUT2D eigenvalue weighted by Crippen LogP contribution is -2.14. The Morgan fingerprint density at radius 3 is 1.89 bits per heavy atom. The second kappa shape index (κ2) is 10.1. The molecule has 0 fully saturated rings. The summed E-state index contributed by atoms with van der Waals surface area (Å²) >= 11 is 0. The fourth-order valence-electron chi connectivity index (χ4n) is 9.88. The molecule has 4 aromatic heterocycles. The minimum atomic E-state index is -0.109. The van der Waals surface area contributed by atoms with Crippen LogP contribution in [0.15, 0.2) is 165 Å². The second-order valence-corrected chi connectivity index (χ2v) is 15.6. The maximum absolute atomic E-state index is 6.95. The first-order valence-electron chi connectivity index (χ1n) is 18.9. The lowest BCUT2D eigenvalue weighted by atomic mass is 9.82. The van der Waals surface area contributed by atoms with Crippen LogP contribution >= 0.6 is 0 Å². The molecule has 55 heavy (non-hydrogen) atoms. The minimum absolute atomic E-state index is 0.109. The first kappa shape index (κ1) is 29.4. The molecule has 0 radical (unpaired) electrons. The fraction of sp³-hybridized carbons (Fsp3) is 0.0588. The number of para-hydroxylation sites is 4. The van der Waals surface area contributed by atoms with Gasteiger partial charge in [-0.05, 0) is 76.3 Å². The number of hydrogen-bond donors (Lipinski definition) is 0. The van der Waals surface area contributed by atoms with Crippen LogP contribution in [0.25, 0.3) is 116 Å². The second-order valence-electron chi connectivity index (χ2n) is 15.6. The van der Waals surface area contributed by atoms with Crippen LogP contribution < -0.4 is 0 Å². The van der Waals surface area contributed by atoms with E-state index in [1.165, 1.54) is 38.5 Å². The van der Waals surface area contributed by atoms with Crippen LogP contribution in [0.2, 0.25) is 0 Å². The molecule has 0 aliphatic heterocycles. The predicted octanol–water partition coefficient (Wildman–Crippen LogP) is 14.5. The summed E-state index contributed by atoms with van der Waals surface area (Å²) in [6.45, 7) is 4.69. The van der Waals surface area contributed by atoms with Gasteiger partial charge in [0.05, 0.1) is 16.7 Å². The summed E-state index contributed by atoms with van der Waals surface area (Å²) in [5.74, 6) is 0. The highest BCUT2D eigenvalue weighted by Crippen LogP contribution is 2.51. The van der Waals surface area contributed by atoms with E-state index in [0.29, 0.717) is 0 Å². The normalized spacial score (nSPS) is 13.8. The summed E-state index contributed by atoms with van der Waals surface area (Å²) in [6.07, 6.45) is 0. The molecule has 4 nitrogen and oxygen atoms in total. The van der Waals surface area contributed by atoms with Crippen molar-refractivity contribution >= 4 is 87.6 Å². The van der Waals surface area contributed by atoms with Crippen molar-refractivity contribution in [3.63, 3.8) is 0 Å². The summed E-state index contributed by atoms with van der Waals surface area (Å²) in [5, 5.41) is 8.85. The highest BCUT2D eigenvalue weighted by Gasteiger charge is 2.36. The van der Waals surface area contributed by atoms with Crippen molar-refractivity contribution in [1.29, 1.82) is 0 Å². The van der Waals surface area contributed by atoms with Crippen LogP contribution in [0.5, 0.6) is 0 Å². The summed E-state index contributed by atoms with van der Waals surface area (Å²) in [5.41, 5.74) is 15.9. The van der Waals surface area contributed by atoms with Crippen LogP contribution in [0.3, 0.4) is 0 Å². The third-order valence-electron chi connectivity index (χ3n) is 12.4. The number of fused-ring (bicyclic) bond motifs is 15. The monoisotopic (exact) mass is 705 g/mol. The zero-order chi connectivity index (χ0) is 36.2. The first-order chi connectivity index (χ1) is 27.0. The average molecular weight is 706 g/mol. The quantitative estimate of drug-likeness (QED) is 0.180. The van der Waals surface area contributed by atoms with Gasteiger partial charge in [0.1, 0.15) is 27.9 Å². The van der Waals surface area contributed by atoms with Crippen molar-refractivity contribution in [1.82, 2.24) is 4.57 Å². The maximum Gasteiger partial charge on any atom is 0.159 e. The number of nitrogens with zero attached hydrogens (tertiary/aromatic N) is 1. The van der Waals surface area contributed by atoms with Gasteiger partial charge < -0.3 is 17.8 Å². The fourth-order valence-corrected chi connectivity index (χ4v) is 9.88. The van der Waals surface area contributed by atoms with E-state index in [4.69, 9.17) is 13.3 Å². The van der Waals surface area contributed by atoms with Gasteiger partial charge in [0.25, 0.3) is 0 Å². The van der Waals surface area contributed by atoms with Gasteiger partial charge in [0, 0.05) is 54.1 Å². The number of aromatic nitrogens is 1. The van der Waals surface area contributed by atoms with E-state index in [9.17, 15) is 0 Å². The van der Waals surface area contributed by atoms with Crippen LogP contribution in [0, 0.1) is 0 Å². The van der Waals surface area contributed by atoms with E-state index < -0.39 is 0 Å². The van der Waals surface area contributed by atoms with E-state index in [0.717, 1.165) is 88.1 Å². The Labute approximate surface area is 314 Å². The van der Waals surface area contributed by atoms with Crippen molar-refractivity contribution in [2.24, 2.45) is 0 Å². The number of furan rings is 3. The van der Waals surface area contributed by atoms with E-state index in [1.54, 1.807) is 0 Å². The lowest BCUT2D eigenvalue weighted by molar-refractivity contribution is 0.660. The highest BCUT2D eigenvalue weighted by atomic mass is 16.3. The van der Waals surface area contributed by atoms with Crippen LogP contribution in [-0.4, -0.2) is 4.57 Å². The Morgan fingerprint density at radius 1 is 0.382 bits per heavy atom. The zero-order valence-corrected chi connectivity index (χ0v) is 30.1. The van der Waals surface area contributed by atoms with Gasteiger partial charge in [0.15, 0.2) is 5.58 Å². The Bertz CT molecular complexity index is 3640. The number of benzene rings is 8. The molecule has 4 heterocycles. The van der Waals surface area contributed by atoms with Crippen LogP contribution in [0.1, 0.15) is 25.0 Å². The molecule has 0 saturated carbocycles. The van der Waals surface area contributed by atoms with Gasteiger partial charge in [-0.25, -0.2) is 0 Å². The first-order valence-corrected chi connectivity index (χ1v) is 18.9. The van der Waals surface area contributed by atoms with Gasteiger partial charge >= 0.3 is 0 Å². The summed E-state index contributed by atoms with van der Waals surface area (Å²) < 4.78 is 22.4. The SMILES string of the molecule is CC1(C)c2ccccc2-c2cc3c4ccccc4n(-c4cccc5c4oc4cc6c(cc45)oc4c(-c5cccc7oc8ccccc8c57)cccc46)c3cc21. The largest absolute Gasteiger partial charge is 0.456 e. The van der Waals surface area contributed by atoms with Gasteiger partial charge in [-0.3, -0.25) is 0 Å². The predicted molar refractivity (Wildman–Crippen MR) is 226 cm³/mol. The molecule has 0 amide bonds. The third kappa shape index (κ3) is 3.71. The van der Waals surface area contributed by atoms with Gasteiger partial charge in [0.2, 0.25) is 0 Å². The lowest BCUT2D eigenvalue weighted by Gasteiger charge is -2.21. The molecule has 0 bridgehead atoms. The molecule has 258 valence electrons. The molecule has 0 atom stereocenters. The van der Waals surface area contributed by atoms with Crippen molar-refractivity contribution in [2.75, 3.05) is 0 Å². The Morgan fingerprint density at radius 2 is 1.02 bits per heavy atom. The molecule has 0 N–H and O–H groups in total.